The molecule has 0 spiro atoms. The number of anilines is 2. The topological polar surface area (TPSA) is 214 Å². The standard InChI is InChI=1S/C19H17Cl2NO4.C15H22ClNO2.C8H11Cl2NO.C5H12NO4P/c1-2-26-19(25)16(21)10-11-9-12(7-8-15(11)20)22-17(23)13-5-3-4-6-14(13)18(22)24;1-5-13-8-6-7-11(2)15(13)17(14(18)9-16)12(3)10-19-4;1-3-5-11(6-4-2)8(12)7(9)10;1-11(9,10)3-2-4(6)5(7)8/h7-10H,2-6H2,1H3;6-8,12H,5,9-10H2,1-4H3;3-4,7H,1-2,5-6H2;4H,2-3,6H2,1H3,(H,7,8)(H,9,10)/b16-10-;;;. The lowest BCUT2D eigenvalue weighted by molar-refractivity contribution is -0.139. The van der Waals surface area contributed by atoms with E-state index in [9.17, 15) is 33.3 Å². The van der Waals surface area contributed by atoms with Crippen molar-refractivity contribution in [2.45, 2.75) is 83.1 Å². The number of nitrogens with zero attached hydrogens (tertiary/aromatic N) is 3. The number of esters is 1. The van der Waals surface area contributed by atoms with Crippen LogP contribution >= 0.6 is 65.4 Å². The molecule has 2 aliphatic rings. The molecule has 0 fully saturated rings. The van der Waals surface area contributed by atoms with Gasteiger partial charge in [0.1, 0.15) is 17.0 Å². The van der Waals surface area contributed by atoms with Crippen LogP contribution in [0.5, 0.6) is 0 Å². The number of para-hydroxylation sites is 1. The molecule has 21 heteroatoms. The quantitative estimate of drug-likeness (QED) is 0.0300. The molecular weight excluding hydrogens is 1000 g/mol. The third kappa shape index (κ3) is 19.8. The van der Waals surface area contributed by atoms with Gasteiger partial charge in [-0.1, -0.05) is 83.7 Å². The average Bonchev–Trinajstić information content (AvgIpc) is 3.55. The molecule has 1 aliphatic carbocycles. The first-order chi connectivity index (χ1) is 32.0. The van der Waals surface area contributed by atoms with E-state index in [1.807, 2.05) is 26.0 Å². The van der Waals surface area contributed by atoms with Crippen molar-refractivity contribution in [1.29, 1.82) is 0 Å². The first-order valence-electron chi connectivity index (χ1n) is 21.4. The summed E-state index contributed by atoms with van der Waals surface area (Å²) < 4.78 is 20.7. The highest BCUT2D eigenvalue weighted by molar-refractivity contribution is 7.57. The van der Waals surface area contributed by atoms with Crippen molar-refractivity contribution in [1.82, 2.24) is 4.90 Å². The molecule has 3 unspecified atom stereocenters. The van der Waals surface area contributed by atoms with Gasteiger partial charge in [0.15, 0.2) is 12.2 Å². The van der Waals surface area contributed by atoms with Crippen LogP contribution in [0.4, 0.5) is 11.4 Å². The molecule has 1 heterocycles. The van der Waals surface area contributed by atoms with Crippen molar-refractivity contribution in [3.8, 4) is 0 Å². The summed E-state index contributed by atoms with van der Waals surface area (Å²) >= 11 is 28.7. The molecular formula is C47H62Cl5N4O11P. The van der Waals surface area contributed by atoms with Gasteiger partial charge in [-0.3, -0.25) is 28.5 Å². The van der Waals surface area contributed by atoms with E-state index in [0.29, 0.717) is 60.0 Å². The van der Waals surface area contributed by atoms with E-state index in [1.165, 1.54) is 22.5 Å². The molecule has 0 saturated heterocycles. The number of hydrogen-bond donors (Lipinski definition) is 3. The third-order valence-electron chi connectivity index (χ3n) is 9.93. The Morgan fingerprint density at radius 2 is 1.59 bits per heavy atom. The minimum atomic E-state index is -3.10. The van der Waals surface area contributed by atoms with E-state index >= 15 is 0 Å². The lowest BCUT2D eigenvalue weighted by atomic mass is 9.93. The van der Waals surface area contributed by atoms with Crippen LogP contribution in [0.1, 0.15) is 69.6 Å². The summed E-state index contributed by atoms with van der Waals surface area (Å²) in [5, 5.41) is 8.49. The first kappa shape index (κ1) is 62.0. The summed E-state index contributed by atoms with van der Waals surface area (Å²) in [7, 11) is -1.47. The van der Waals surface area contributed by atoms with Crippen molar-refractivity contribution < 1.29 is 52.8 Å². The van der Waals surface area contributed by atoms with Crippen LogP contribution in [-0.4, -0.2) is 120 Å². The summed E-state index contributed by atoms with van der Waals surface area (Å²) in [5.74, 6) is -2.80. The third-order valence-corrected chi connectivity index (χ3v) is 12.2. The number of nitrogens with two attached hydrogens (primary N) is 1. The van der Waals surface area contributed by atoms with Crippen molar-refractivity contribution in [3.63, 3.8) is 0 Å². The molecule has 376 valence electrons. The van der Waals surface area contributed by atoms with E-state index in [0.717, 1.165) is 36.1 Å². The minimum absolute atomic E-state index is 0.0223. The molecule has 4 amide bonds. The lowest BCUT2D eigenvalue weighted by Crippen LogP contribution is -2.43. The zero-order valence-corrected chi connectivity index (χ0v) is 43.8. The largest absolute Gasteiger partial charge is 0.480 e. The van der Waals surface area contributed by atoms with Gasteiger partial charge in [-0.25, -0.2) is 9.69 Å². The average molecular weight is 1070 g/mol. The fraction of sp³-hybridized carbons (Fsp3) is 0.447. The molecule has 3 atom stereocenters. The van der Waals surface area contributed by atoms with Gasteiger partial charge in [0.25, 0.3) is 17.7 Å². The number of imide groups is 1. The molecule has 68 heavy (non-hydrogen) atoms. The molecule has 1 aliphatic heterocycles. The maximum Gasteiger partial charge on any atom is 0.349 e. The Balaban J connectivity index is 0.000000485. The maximum absolute atomic E-state index is 12.7. The highest BCUT2D eigenvalue weighted by atomic mass is 35.5. The number of amides is 4. The predicted octanol–water partition coefficient (Wildman–Crippen LogP) is 9.07. The molecule has 0 bridgehead atoms. The normalized spacial score (nSPS) is 14.9. The number of hydrogen-bond acceptors (Lipinski definition) is 10. The number of halogens is 5. The molecule has 0 saturated carbocycles. The van der Waals surface area contributed by atoms with Crippen LogP contribution in [0.15, 0.2) is 77.9 Å². The van der Waals surface area contributed by atoms with Crippen molar-refractivity contribution in [2.24, 2.45) is 5.73 Å². The summed E-state index contributed by atoms with van der Waals surface area (Å²) in [6, 6.07) is 9.75. The number of rotatable bonds is 19. The predicted molar refractivity (Wildman–Crippen MR) is 273 cm³/mol. The fourth-order valence-corrected chi connectivity index (χ4v) is 8.18. The number of methoxy groups -OCH3 is 1. The number of ether oxygens (including phenoxy) is 2. The van der Waals surface area contributed by atoms with Crippen LogP contribution in [0.2, 0.25) is 5.02 Å². The molecule has 4 rings (SSSR count). The number of benzene rings is 2. The summed E-state index contributed by atoms with van der Waals surface area (Å²) in [6.45, 7) is 17.5. The molecule has 0 radical (unpaired) electrons. The number of aryl methyl sites for hydroxylation is 2. The smallest absolute Gasteiger partial charge is 0.349 e. The highest BCUT2D eigenvalue weighted by Gasteiger charge is 2.39. The zero-order chi connectivity index (χ0) is 51.9. The first-order valence-corrected chi connectivity index (χ1v) is 25.9. The van der Waals surface area contributed by atoms with Gasteiger partial charge in [0.05, 0.1) is 30.6 Å². The van der Waals surface area contributed by atoms with E-state index in [-0.39, 0.29) is 59.8 Å². The zero-order valence-electron chi connectivity index (χ0n) is 39.2. The number of alkyl halides is 3. The Hall–Kier alpha value is -4.02. The Labute approximate surface area is 424 Å². The van der Waals surface area contributed by atoms with E-state index in [2.05, 4.69) is 26.1 Å². The van der Waals surface area contributed by atoms with Crippen LogP contribution in [0, 0.1) is 6.92 Å². The lowest BCUT2D eigenvalue weighted by Gasteiger charge is -2.31. The van der Waals surface area contributed by atoms with Crippen LogP contribution in [0.3, 0.4) is 0 Å². The van der Waals surface area contributed by atoms with Gasteiger partial charge < -0.3 is 35.0 Å². The van der Waals surface area contributed by atoms with Crippen LogP contribution in [-0.2, 0) is 49.2 Å². The molecule has 2 aromatic carbocycles. The van der Waals surface area contributed by atoms with Crippen molar-refractivity contribution >= 4 is 118 Å². The summed E-state index contributed by atoms with van der Waals surface area (Å²) in [6.07, 6.45) is 8.55. The monoisotopic (exact) mass is 1060 g/mol. The van der Waals surface area contributed by atoms with Crippen molar-refractivity contribution in [2.75, 3.05) is 61.9 Å². The SMILES string of the molecule is C=CCN(CC=C)C(=O)C(Cl)Cl.CCOC(=O)/C(Cl)=C/c1cc(N2C(=O)C3=C(CCCC3)C2=O)ccc1Cl.CCc1cccc(C)c1N(C(=O)CCl)C(C)COC.CP(=O)(O)CCC(N)C(=O)O. The second kappa shape index (κ2) is 31.3. The number of carboxylic acids is 1. The molecule has 2 aromatic rings. The second-order valence-corrected chi connectivity index (χ2v) is 20.0. The Kier molecular flexibility index (Phi) is 28.5. The maximum atomic E-state index is 12.7. The number of carbonyl (C=O) groups is 6. The molecule has 0 aromatic heterocycles. The van der Waals surface area contributed by atoms with Gasteiger partial charge in [0.2, 0.25) is 5.91 Å². The number of carboxylic acid groups (broad SMARTS) is 1. The van der Waals surface area contributed by atoms with Gasteiger partial charge in [-0.2, -0.15) is 0 Å². The van der Waals surface area contributed by atoms with E-state index in [1.54, 1.807) is 49.3 Å². The Morgan fingerprint density at radius 1 is 1.01 bits per heavy atom. The molecule has 15 nitrogen and oxygen atoms in total. The van der Waals surface area contributed by atoms with E-state index in [4.69, 9.17) is 83.2 Å². The summed E-state index contributed by atoms with van der Waals surface area (Å²) in [4.78, 5) is 82.6. The van der Waals surface area contributed by atoms with Crippen molar-refractivity contribution in [3.05, 3.63) is 99.6 Å². The summed E-state index contributed by atoms with van der Waals surface area (Å²) in [5.41, 5.74) is 10.3. The van der Waals surface area contributed by atoms with Gasteiger partial charge in [-0.05, 0) is 100 Å². The van der Waals surface area contributed by atoms with Gasteiger partial charge in [-0.15, -0.1) is 24.8 Å². The number of aliphatic carboxylic acids is 1. The fourth-order valence-electron chi connectivity index (χ4n) is 6.68. The minimum Gasteiger partial charge on any atom is -0.480 e. The van der Waals surface area contributed by atoms with Crippen LogP contribution < -0.4 is 15.5 Å². The van der Waals surface area contributed by atoms with Gasteiger partial charge >= 0.3 is 11.9 Å². The van der Waals surface area contributed by atoms with Gasteiger partial charge in [0, 0.05) is 49.2 Å². The second-order valence-electron chi connectivity index (χ2n) is 15.3. The molecule has 4 N–H and O–H groups in total. The van der Waals surface area contributed by atoms with Crippen LogP contribution in [0.25, 0.3) is 6.08 Å². The Bertz CT molecular complexity index is 2180. The highest BCUT2D eigenvalue weighted by Crippen LogP contribution is 2.38. The van der Waals surface area contributed by atoms with E-state index < -0.39 is 30.2 Å². The Morgan fingerprint density at radius 3 is 2.04 bits per heavy atom. The number of carbonyl (C=O) groups excluding carboxylic acids is 5.